The van der Waals surface area contributed by atoms with E-state index in [2.05, 4.69) is 15.2 Å². The van der Waals surface area contributed by atoms with Gasteiger partial charge in [-0.05, 0) is 26.0 Å². The van der Waals surface area contributed by atoms with Crippen LogP contribution in [0.5, 0.6) is 0 Å². The molecule has 0 saturated heterocycles. The van der Waals surface area contributed by atoms with Crippen LogP contribution in [0.15, 0.2) is 53.8 Å². The molecule has 116 valence electrons. The van der Waals surface area contributed by atoms with Gasteiger partial charge in [-0.1, -0.05) is 36.0 Å². The van der Waals surface area contributed by atoms with Crippen molar-refractivity contribution in [2.75, 3.05) is 0 Å². The molecule has 0 aliphatic heterocycles. The number of hydrogen-bond acceptors (Lipinski definition) is 5. The summed E-state index contributed by atoms with van der Waals surface area (Å²) < 4.78 is -0.973. The Balaban J connectivity index is 2.15. The highest BCUT2D eigenvalue weighted by molar-refractivity contribution is 8.01. The van der Waals surface area contributed by atoms with Gasteiger partial charge in [0.15, 0.2) is 0 Å². The number of aliphatic carboxylic acids is 1. The summed E-state index contributed by atoms with van der Waals surface area (Å²) in [6.45, 7) is 3.34. The number of benzene rings is 1. The van der Waals surface area contributed by atoms with Crippen molar-refractivity contribution in [2.45, 2.75) is 23.6 Å². The van der Waals surface area contributed by atoms with Crippen LogP contribution in [0.25, 0.3) is 22.0 Å². The van der Waals surface area contributed by atoms with Crippen LogP contribution in [0.4, 0.5) is 0 Å². The van der Waals surface area contributed by atoms with Crippen LogP contribution in [0.1, 0.15) is 13.8 Å². The lowest BCUT2D eigenvalue weighted by Gasteiger charge is -2.19. The molecule has 3 aromatic rings. The lowest BCUT2D eigenvalue weighted by Crippen LogP contribution is -2.27. The van der Waals surface area contributed by atoms with Gasteiger partial charge in [-0.25, -0.2) is 4.98 Å². The molecule has 5 nitrogen and oxygen atoms in total. The van der Waals surface area contributed by atoms with E-state index in [-0.39, 0.29) is 0 Å². The summed E-state index contributed by atoms with van der Waals surface area (Å²) in [7, 11) is 0. The maximum absolute atomic E-state index is 11.4. The van der Waals surface area contributed by atoms with Crippen molar-refractivity contribution in [3.05, 3.63) is 48.8 Å². The van der Waals surface area contributed by atoms with Gasteiger partial charge in [0.2, 0.25) is 0 Å². The lowest BCUT2D eigenvalue weighted by molar-refractivity contribution is -0.138. The highest BCUT2D eigenvalue weighted by Gasteiger charge is 2.30. The lowest BCUT2D eigenvalue weighted by atomic mass is 10.0. The minimum Gasteiger partial charge on any atom is -0.480 e. The van der Waals surface area contributed by atoms with Gasteiger partial charge in [0.05, 0.1) is 6.20 Å². The number of hydrogen-bond donors (Lipinski definition) is 1. The zero-order chi connectivity index (χ0) is 16.4. The molecular formula is C17H15N3O2S. The second-order valence-electron chi connectivity index (χ2n) is 5.55. The predicted molar refractivity (Wildman–Crippen MR) is 90.3 cm³/mol. The Morgan fingerprint density at radius 2 is 1.87 bits per heavy atom. The van der Waals surface area contributed by atoms with E-state index in [1.807, 2.05) is 36.4 Å². The normalized spacial score (nSPS) is 11.6. The maximum atomic E-state index is 11.4. The highest BCUT2D eigenvalue weighted by atomic mass is 32.2. The van der Waals surface area contributed by atoms with Crippen LogP contribution in [0.2, 0.25) is 0 Å². The zero-order valence-electron chi connectivity index (χ0n) is 12.7. The summed E-state index contributed by atoms with van der Waals surface area (Å²) in [5, 5.41) is 19.2. The summed E-state index contributed by atoms with van der Waals surface area (Å²) in [6.07, 6.45) is 3.32. The van der Waals surface area contributed by atoms with Gasteiger partial charge in [-0.2, -0.15) is 5.10 Å². The quantitative estimate of drug-likeness (QED) is 0.738. The number of fused-ring (bicyclic) bond motifs is 1. The van der Waals surface area contributed by atoms with E-state index in [4.69, 9.17) is 0 Å². The summed E-state index contributed by atoms with van der Waals surface area (Å²) in [6, 6.07) is 11.5. The van der Waals surface area contributed by atoms with Crippen molar-refractivity contribution in [2.24, 2.45) is 0 Å². The smallest absolute Gasteiger partial charge is 0.319 e. The summed E-state index contributed by atoms with van der Waals surface area (Å²) in [5.74, 6) is -0.878. The summed E-state index contributed by atoms with van der Waals surface area (Å²) in [4.78, 5) is 15.8. The van der Waals surface area contributed by atoms with Crippen LogP contribution in [0.3, 0.4) is 0 Å². The third-order valence-corrected chi connectivity index (χ3v) is 4.68. The number of aromatic nitrogens is 3. The van der Waals surface area contributed by atoms with Gasteiger partial charge in [-0.15, -0.1) is 5.10 Å². The van der Waals surface area contributed by atoms with Crippen molar-refractivity contribution in [3.63, 3.8) is 0 Å². The molecule has 3 rings (SSSR count). The summed E-state index contributed by atoms with van der Waals surface area (Å²) >= 11 is 1.23. The van der Waals surface area contributed by atoms with Crippen molar-refractivity contribution < 1.29 is 9.90 Å². The van der Waals surface area contributed by atoms with Crippen LogP contribution >= 0.6 is 11.8 Å². The molecule has 0 spiro atoms. The standard InChI is InChI=1S/C17H15N3O2S/c1-17(2,16(21)22)23-15-13(7-4-9-18-15)12-6-3-5-11-8-10-19-20-14(11)12/h3-10H,1-2H3,(H,21,22). The molecule has 0 bridgehead atoms. The average Bonchev–Trinajstić information content (AvgIpc) is 2.54. The van der Waals surface area contributed by atoms with E-state index in [0.717, 1.165) is 22.0 Å². The number of nitrogens with zero attached hydrogens (tertiary/aromatic N) is 3. The van der Waals surface area contributed by atoms with Crippen molar-refractivity contribution >= 4 is 28.6 Å². The van der Waals surface area contributed by atoms with Crippen molar-refractivity contribution in [3.8, 4) is 11.1 Å². The Morgan fingerprint density at radius 3 is 2.65 bits per heavy atom. The van der Waals surface area contributed by atoms with E-state index in [9.17, 15) is 9.90 Å². The van der Waals surface area contributed by atoms with Crippen LogP contribution in [-0.2, 0) is 4.79 Å². The minimum absolute atomic E-state index is 0.665. The van der Waals surface area contributed by atoms with E-state index >= 15 is 0 Å². The molecule has 23 heavy (non-hydrogen) atoms. The zero-order valence-corrected chi connectivity index (χ0v) is 13.5. The van der Waals surface area contributed by atoms with Gasteiger partial charge >= 0.3 is 5.97 Å². The Kier molecular flexibility index (Phi) is 4.00. The molecule has 6 heteroatoms. The van der Waals surface area contributed by atoms with E-state index in [1.165, 1.54) is 11.8 Å². The summed E-state index contributed by atoms with van der Waals surface area (Å²) in [5.41, 5.74) is 2.53. The number of pyridine rings is 1. The van der Waals surface area contributed by atoms with Crippen LogP contribution in [0, 0.1) is 0 Å². The fourth-order valence-electron chi connectivity index (χ4n) is 2.19. The predicted octanol–water partition coefficient (Wildman–Crippen LogP) is 3.65. The molecule has 1 aromatic carbocycles. The van der Waals surface area contributed by atoms with Gasteiger partial charge in [0, 0.05) is 22.7 Å². The molecule has 2 aromatic heterocycles. The second-order valence-corrected chi connectivity index (χ2v) is 7.16. The fourth-order valence-corrected chi connectivity index (χ4v) is 3.16. The van der Waals surface area contributed by atoms with E-state index in [1.54, 1.807) is 26.2 Å². The monoisotopic (exact) mass is 325 g/mol. The molecule has 0 unspecified atom stereocenters. The SMILES string of the molecule is CC(C)(Sc1ncccc1-c1cccc2ccnnc12)C(=O)O. The number of carboxylic acid groups (broad SMARTS) is 1. The number of carboxylic acids is 1. The molecular weight excluding hydrogens is 310 g/mol. The first-order chi connectivity index (χ1) is 11.0. The van der Waals surface area contributed by atoms with Crippen molar-refractivity contribution in [1.29, 1.82) is 0 Å². The largest absolute Gasteiger partial charge is 0.480 e. The Morgan fingerprint density at radius 1 is 1.09 bits per heavy atom. The third kappa shape index (κ3) is 3.03. The molecule has 0 aliphatic carbocycles. The van der Waals surface area contributed by atoms with Crippen LogP contribution in [-0.4, -0.2) is 31.0 Å². The highest BCUT2D eigenvalue weighted by Crippen LogP contribution is 2.39. The average molecular weight is 325 g/mol. The van der Waals surface area contributed by atoms with Crippen LogP contribution < -0.4 is 0 Å². The Hall–Kier alpha value is -2.47. The first-order valence-electron chi connectivity index (χ1n) is 7.07. The number of carbonyl (C=O) groups is 1. The molecule has 0 fully saturated rings. The molecule has 2 heterocycles. The molecule has 0 saturated carbocycles. The Labute approximate surface area is 137 Å². The Bertz CT molecular complexity index is 875. The molecule has 1 N–H and O–H groups in total. The van der Waals surface area contributed by atoms with Crippen molar-refractivity contribution in [1.82, 2.24) is 15.2 Å². The molecule has 0 aliphatic rings. The first-order valence-corrected chi connectivity index (χ1v) is 7.89. The van der Waals surface area contributed by atoms with Gasteiger partial charge in [0.1, 0.15) is 15.3 Å². The van der Waals surface area contributed by atoms with Gasteiger partial charge in [0.25, 0.3) is 0 Å². The van der Waals surface area contributed by atoms with Gasteiger partial charge < -0.3 is 5.11 Å². The maximum Gasteiger partial charge on any atom is 0.319 e. The van der Waals surface area contributed by atoms with Gasteiger partial charge in [-0.3, -0.25) is 4.79 Å². The minimum atomic E-state index is -0.973. The molecule has 0 atom stereocenters. The number of rotatable bonds is 4. The molecule has 0 radical (unpaired) electrons. The first kappa shape index (κ1) is 15.4. The van der Waals surface area contributed by atoms with E-state index < -0.39 is 10.7 Å². The third-order valence-electron chi connectivity index (χ3n) is 3.47. The topological polar surface area (TPSA) is 76.0 Å². The fraction of sp³-hybridized carbons (Fsp3) is 0.176. The molecule has 0 amide bonds. The van der Waals surface area contributed by atoms with E-state index in [0.29, 0.717) is 5.03 Å². The number of thioether (sulfide) groups is 1. The second kappa shape index (κ2) is 5.96.